The normalized spacial score (nSPS) is 12.2. The maximum Gasteiger partial charge on any atom is 0.224 e. The summed E-state index contributed by atoms with van der Waals surface area (Å²) in [5, 5.41) is 11.5. The molecule has 4 heteroatoms. The lowest BCUT2D eigenvalue weighted by Crippen LogP contribution is -2.34. The smallest absolute Gasteiger partial charge is 0.224 e. The molecule has 0 fully saturated rings. The van der Waals surface area contributed by atoms with E-state index in [1.165, 1.54) is 0 Å². The Morgan fingerprint density at radius 3 is 2.62 bits per heavy atom. The van der Waals surface area contributed by atoms with E-state index >= 15 is 0 Å². The fourth-order valence-corrected chi connectivity index (χ4v) is 1.64. The lowest BCUT2D eigenvalue weighted by Gasteiger charge is -2.12. The second kappa shape index (κ2) is 6.66. The van der Waals surface area contributed by atoms with Gasteiger partial charge in [0.15, 0.2) is 0 Å². The van der Waals surface area contributed by atoms with E-state index in [1.807, 2.05) is 31.2 Å². The van der Waals surface area contributed by atoms with E-state index in [0.717, 1.165) is 10.0 Å². The minimum atomic E-state index is -0.0109. The number of nitrogens with one attached hydrogen (secondary N) is 1. The van der Waals surface area contributed by atoms with Gasteiger partial charge in [0, 0.05) is 17.1 Å². The molecular weight excluding hydrogens is 270 g/mol. The summed E-state index contributed by atoms with van der Waals surface area (Å²) >= 11 is 3.34. The molecule has 1 amide bonds. The van der Waals surface area contributed by atoms with Crippen molar-refractivity contribution < 1.29 is 9.90 Å². The zero-order chi connectivity index (χ0) is 12.0. The Morgan fingerprint density at radius 2 is 2.06 bits per heavy atom. The van der Waals surface area contributed by atoms with Crippen LogP contribution in [0.3, 0.4) is 0 Å². The number of aliphatic hydroxyl groups excluding tert-OH is 1. The van der Waals surface area contributed by atoms with E-state index in [9.17, 15) is 4.79 Å². The molecule has 0 bridgehead atoms. The highest BCUT2D eigenvalue weighted by Crippen LogP contribution is 2.10. The van der Waals surface area contributed by atoms with Crippen molar-refractivity contribution in [3.63, 3.8) is 0 Å². The summed E-state index contributed by atoms with van der Waals surface area (Å²) in [5.74, 6) is -0.0109. The fourth-order valence-electron chi connectivity index (χ4n) is 1.38. The van der Waals surface area contributed by atoms with E-state index < -0.39 is 0 Å². The monoisotopic (exact) mass is 285 g/mol. The highest BCUT2D eigenvalue weighted by molar-refractivity contribution is 9.10. The quantitative estimate of drug-likeness (QED) is 0.868. The highest BCUT2D eigenvalue weighted by atomic mass is 79.9. The van der Waals surface area contributed by atoms with Gasteiger partial charge in [0.05, 0.1) is 6.42 Å². The first-order chi connectivity index (χ1) is 7.61. The molecule has 0 aliphatic rings. The van der Waals surface area contributed by atoms with Crippen molar-refractivity contribution in [1.29, 1.82) is 0 Å². The molecule has 0 heterocycles. The number of carbonyl (C=O) groups is 1. The molecule has 1 aromatic carbocycles. The van der Waals surface area contributed by atoms with Gasteiger partial charge in [0.1, 0.15) is 0 Å². The van der Waals surface area contributed by atoms with Crippen LogP contribution in [0.15, 0.2) is 28.7 Å². The van der Waals surface area contributed by atoms with Crippen LogP contribution >= 0.6 is 15.9 Å². The van der Waals surface area contributed by atoms with Gasteiger partial charge in [-0.15, -0.1) is 0 Å². The predicted octanol–water partition coefficient (Wildman–Crippen LogP) is 1.88. The van der Waals surface area contributed by atoms with Crippen LogP contribution in [0.2, 0.25) is 0 Å². The van der Waals surface area contributed by atoms with Crippen molar-refractivity contribution in [2.75, 3.05) is 6.61 Å². The number of amides is 1. The third kappa shape index (κ3) is 4.77. The topological polar surface area (TPSA) is 49.3 Å². The van der Waals surface area contributed by atoms with E-state index in [-0.39, 0.29) is 18.6 Å². The van der Waals surface area contributed by atoms with Crippen LogP contribution in [0, 0.1) is 0 Å². The van der Waals surface area contributed by atoms with Gasteiger partial charge in [-0.2, -0.15) is 0 Å². The zero-order valence-electron chi connectivity index (χ0n) is 9.24. The highest BCUT2D eigenvalue weighted by Gasteiger charge is 2.07. The standard InChI is InChI=1S/C12H16BrNO2/c1-9(6-7-15)14-12(16)8-10-2-4-11(13)5-3-10/h2-5,9,15H,6-8H2,1H3,(H,14,16). The molecule has 2 N–H and O–H groups in total. The van der Waals surface area contributed by atoms with Gasteiger partial charge < -0.3 is 10.4 Å². The number of carbonyl (C=O) groups excluding carboxylic acids is 1. The Bertz CT molecular complexity index is 337. The number of benzene rings is 1. The van der Waals surface area contributed by atoms with E-state index in [1.54, 1.807) is 0 Å². The molecule has 0 aromatic heterocycles. The third-order valence-electron chi connectivity index (χ3n) is 2.25. The Labute approximate surface area is 104 Å². The number of hydrogen-bond donors (Lipinski definition) is 2. The molecular formula is C12H16BrNO2. The summed E-state index contributed by atoms with van der Waals surface area (Å²) in [6.07, 6.45) is 0.967. The van der Waals surface area contributed by atoms with E-state index in [2.05, 4.69) is 21.2 Å². The minimum Gasteiger partial charge on any atom is -0.396 e. The summed E-state index contributed by atoms with van der Waals surface area (Å²) in [6.45, 7) is 1.98. The zero-order valence-corrected chi connectivity index (χ0v) is 10.8. The predicted molar refractivity (Wildman–Crippen MR) is 67.2 cm³/mol. The van der Waals surface area contributed by atoms with Gasteiger partial charge >= 0.3 is 0 Å². The second-order valence-corrected chi connectivity index (χ2v) is 4.70. The Hall–Kier alpha value is -0.870. The van der Waals surface area contributed by atoms with Crippen molar-refractivity contribution in [3.8, 4) is 0 Å². The molecule has 0 aliphatic heterocycles. The summed E-state index contributed by atoms with van der Waals surface area (Å²) in [6, 6.07) is 7.69. The van der Waals surface area contributed by atoms with Gasteiger partial charge in [-0.25, -0.2) is 0 Å². The Kier molecular flexibility index (Phi) is 5.49. The Balaban J connectivity index is 2.42. The molecule has 1 rings (SSSR count). The summed E-state index contributed by atoms with van der Waals surface area (Å²) in [7, 11) is 0. The summed E-state index contributed by atoms with van der Waals surface area (Å²) < 4.78 is 1.00. The molecule has 0 saturated heterocycles. The van der Waals surface area contributed by atoms with E-state index in [0.29, 0.717) is 12.8 Å². The van der Waals surface area contributed by atoms with Crippen LogP contribution in [0.25, 0.3) is 0 Å². The van der Waals surface area contributed by atoms with E-state index in [4.69, 9.17) is 5.11 Å². The maximum atomic E-state index is 11.6. The van der Waals surface area contributed by atoms with Crippen molar-refractivity contribution >= 4 is 21.8 Å². The first-order valence-electron chi connectivity index (χ1n) is 5.26. The minimum absolute atomic E-state index is 0.0109. The van der Waals surface area contributed by atoms with Crippen molar-refractivity contribution in [3.05, 3.63) is 34.3 Å². The summed E-state index contributed by atoms with van der Waals surface area (Å²) in [5.41, 5.74) is 0.983. The molecule has 3 nitrogen and oxygen atoms in total. The Morgan fingerprint density at radius 1 is 1.44 bits per heavy atom. The maximum absolute atomic E-state index is 11.6. The SMILES string of the molecule is CC(CCO)NC(=O)Cc1ccc(Br)cc1. The molecule has 0 saturated carbocycles. The van der Waals surface area contributed by atoms with Crippen molar-refractivity contribution in [2.45, 2.75) is 25.8 Å². The molecule has 1 aromatic rings. The van der Waals surface area contributed by atoms with Crippen LogP contribution in [-0.4, -0.2) is 23.7 Å². The second-order valence-electron chi connectivity index (χ2n) is 3.78. The first-order valence-corrected chi connectivity index (χ1v) is 6.06. The average Bonchev–Trinajstić information content (AvgIpc) is 2.21. The number of halogens is 1. The van der Waals surface area contributed by atoms with Gasteiger partial charge in [0.25, 0.3) is 0 Å². The molecule has 1 unspecified atom stereocenters. The van der Waals surface area contributed by atoms with Gasteiger partial charge in [-0.05, 0) is 31.0 Å². The fraction of sp³-hybridized carbons (Fsp3) is 0.417. The lowest BCUT2D eigenvalue weighted by atomic mass is 10.1. The molecule has 0 aliphatic carbocycles. The van der Waals surface area contributed by atoms with Gasteiger partial charge in [-0.3, -0.25) is 4.79 Å². The molecule has 16 heavy (non-hydrogen) atoms. The number of hydrogen-bond acceptors (Lipinski definition) is 2. The molecule has 88 valence electrons. The van der Waals surface area contributed by atoms with Crippen molar-refractivity contribution in [2.24, 2.45) is 0 Å². The molecule has 0 radical (unpaired) electrons. The van der Waals surface area contributed by atoms with Crippen LogP contribution in [0.1, 0.15) is 18.9 Å². The lowest BCUT2D eigenvalue weighted by molar-refractivity contribution is -0.121. The number of aliphatic hydroxyl groups is 1. The van der Waals surface area contributed by atoms with Gasteiger partial charge in [0.2, 0.25) is 5.91 Å². The average molecular weight is 286 g/mol. The van der Waals surface area contributed by atoms with Crippen LogP contribution in [-0.2, 0) is 11.2 Å². The molecule has 1 atom stereocenters. The van der Waals surface area contributed by atoms with Gasteiger partial charge in [-0.1, -0.05) is 28.1 Å². The summed E-state index contributed by atoms with van der Waals surface area (Å²) in [4.78, 5) is 11.6. The van der Waals surface area contributed by atoms with Crippen LogP contribution in [0.4, 0.5) is 0 Å². The first kappa shape index (κ1) is 13.2. The van der Waals surface area contributed by atoms with Crippen LogP contribution < -0.4 is 5.32 Å². The molecule has 0 spiro atoms. The largest absolute Gasteiger partial charge is 0.396 e. The number of rotatable bonds is 5. The third-order valence-corrected chi connectivity index (χ3v) is 2.78. The van der Waals surface area contributed by atoms with Crippen LogP contribution in [0.5, 0.6) is 0 Å². The van der Waals surface area contributed by atoms with Crippen molar-refractivity contribution in [1.82, 2.24) is 5.32 Å².